The third-order valence-corrected chi connectivity index (χ3v) is 4.68. The Morgan fingerprint density at radius 3 is 2.54 bits per heavy atom. The van der Waals surface area contributed by atoms with E-state index in [1.165, 1.54) is 0 Å². The van der Waals surface area contributed by atoms with E-state index in [9.17, 15) is 18.4 Å². The van der Waals surface area contributed by atoms with Gasteiger partial charge in [0.2, 0.25) is 11.8 Å². The third kappa shape index (κ3) is 3.56. The molecule has 0 radical (unpaired) electrons. The minimum absolute atomic E-state index is 0.228. The molecule has 2 aliphatic rings. The first-order valence-electron chi connectivity index (χ1n) is 8.12. The first-order valence-corrected chi connectivity index (χ1v) is 8.12. The molecule has 2 saturated heterocycles. The van der Waals surface area contributed by atoms with Crippen LogP contribution >= 0.6 is 0 Å². The largest absolute Gasteiger partial charge is 0.374 e. The SMILES string of the molecule is CN1CCC(c2ccc(NC3CCC(=O)NC3=O)cc2)C(F)(F)C1. The molecule has 0 bridgehead atoms. The highest BCUT2D eigenvalue weighted by molar-refractivity contribution is 6.01. The Hall–Kier alpha value is -2.02. The van der Waals surface area contributed by atoms with Crippen LogP contribution in [0.5, 0.6) is 0 Å². The van der Waals surface area contributed by atoms with Gasteiger partial charge in [0.1, 0.15) is 6.04 Å². The van der Waals surface area contributed by atoms with Crippen molar-refractivity contribution in [3.8, 4) is 0 Å². The van der Waals surface area contributed by atoms with Gasteiger partial charge >= 0.3 is 0 Å². The summed E-state index contributed by atoms with van der Waals surface area (Å²) in [4.78, 5) is 24.5. The molecular formula is C17H21F2N3O2. The molecule has 0 saturated carbocycles. The summed E-state index contributed by atoms with van der Waals surface area (Å²) in [7, 11) is 1.71. The summed E-state index contributed by atoms with van der Waals surface area (Å²) >= 11 is 0. The van der Waals surface area contributed by atoms with Gasteiger partial charge in [0, 0.05) is 12.1 Å². The van der Waals surface area contributed by atoms with Crippen LogP contribution in [0.1, 0.15) is 30.7 Å². The Balaban J connectivity index is 1.67. The van der Waals surface area contributed by atoms with Gasteiger partial charge in [0.05, 0.1) is 12.5 Å². The van der Waals surface area contributed by atoms with E-state index in [0.717, 1.165) is 0 Å². The number of anilines is 1. The normalized spacial score (nSPS) is 27.6. The van der Waals surface area contributed by atoms with E-state index in [1.807, 2.05) is 0 Å². The van der Waals surface area contributed by atoms with E-state index in [1.54, 1.807) is 36.2 Å². The molecule has 0 aromatic heterocycles. The first kappa shape index (κ1) is 16.8. The van der Waals surface area contributed by atoms with Gasteiger partial charge in [-0.1, -0.05) is 12.1 Å². The minimum atomic E-state index is -2.74. The van der Waals surface area contributed by atoms with E-state index < -0.39 is 17.9 Å². The lowest BCUT2D eigenvalue weighted by molar-refractivity contribution is -0.133. The molecular weight excluding hydrogens is 316 g/mol. The highest BCUT2D eigenvalue weighted by atomic mass is 19.3. The third-order valence-electron chi connectivity index (χ3n) is 4.68. The Morgan fingerprint density at radius 2 is 1.92 bits per heavy atom. The molecule has 3 rings (SSSR count). The minimum Gasteiger partial charge on any atom is -0.374 e. The van der Waals surface area contributed by atoms with Crippen LogP contribution in [-0.4, -0.2) is 48.8 Å². The molecule has 24 heavy (non-hydrogen) atoms. The number of benzene rings is 1. The summed E-state index contributed by atoms with van der Waals surface area (Å²) < 4.78 is 28.4. The molecule has 1 aromatic carbocycles. The van der Waals surface area contributed by atoms with Gasteiger partial charge in [-0.15, -0.1) is 0 Å². The standard InChI is InChI=1S/C17H21F2N3O2/c1-22-9-8-13(17(18,19)10-22)11-2-4-12(5-3-11)20-14-6-7-15(23)21-16(14)24/h2-5,13-14,20H,6-10H2,1H3,(H,21,23,24). The van der Waals surface area contributed by atoms with Gasteiger partial charge in [-0.05, 0) is 44.1 Å². The van der Waals surface area contributed by atoms with E-state index in [-0.39, 0.29) is 18.4 Å². The zero-order valence-electron chi connectivity index (χ0n) is 13.5. The molecule has 2 N–H and O–H groups in total. The van der Waals surface area contributed by atoms with Crippen molar-refractivity contribution >= 4 is 17.5 Å². The van der Waals surface area contributed by atoms with Crippen molar-refractivity contribution in [2.75, 3.05) is 25.5 Å². The number of carbonyl (C=O) groups is 2. The molecule has 2 aliphatic heterocycles. The summed E-state index contributed by atoms with van der Waals surface area (Å²) in [6, 6.07) is 6.34. The highest BCUT2D eigenvalue weighted by Crippen LogP contribution is 2.40. The lowest BCUT2D eigenvalue weighted by atomic mass is 9.86. The Morgan fingerprint density at radius 1 is 1.21 bits per heavy atom. The van der Waals surface area contributed by atoms with Crippen LogP contribution in [0.15, 0.2) is 24.3 Å². The summed E-state index contributed by atoms with van der Waals surface area (Å²) in [6.07, 6.45) is 1.15. The van der Waals surface area contributed by atoms with E-state index in [0.29, 0.717) is 37.1 Å². The van der Waals surface area contributed by atoms with Crippen molar-refractivity contribution in [2.45, 2.75) is 37.1 Å². The summed E-state index contributed by atoms with van der Waals surface area (Å²) in [5.41, 5.74) is 1.30. The lowest BCUT2D eigenvalue weighted by Crippen LogP contribution is -2.47. The Bertz CT molecular complexity index is 633. The molecule has 1 aromatic rings. The number of imide groups is 1. The van der Waals surface area contributed by atoms with Crippen molar-refractivity contribution < 1.29 is 18.4 Å². The molecule has 7 heteroatoms. The average molecular weight is 337 g/mol. The number of carbonyl (C=O) groups excluding carboxylic acids is 2. The number of rotatable bonds is 3. The number of halogens is 2. The summed E-state index contributed by atoms with van der Waals surface area (Å²) in [5, 5.41) is 5.33. The molecule has 2 heterocycles. The van der Waals surface area contributed by atoms with Crippen molar-refractivity contribution in [1.82, 2.24) is 10.2 Å². The summed E-state index contributed by atoms with van der Waals surface area (Å²) in [5.74, 6) is -4.14. The topological polar surface area (TPSA) is 61.4 Å². The molecule has 5 nitrogen and oxygen atoms in total. The van der Waals surface area contributed by atoms with Gasteiger partial charge < -0.3 is 10.2 Å². The quantitative estimate of drug-likeness (QED) is 0.828. The number of hydrogen-bond donors (Lipinski definition) is 2. The van der Waals surface area contributed by atoms with Crippen LogP contribution in [-0.2, 0) is 9.59 Å². The van der Waals surface area contributed by atoms with Crippen LogP contribution in [0, 0.1) is 0 Å². The second-order valence-electron chi connectivity index (χ2n) is 6.61. The number of amides is 2. The van der Waals surface area contributed by atoms with Crippen molar-refractivity contribution in [2.24, 2.45) is 0 Å². The van der Waals surface area contributed by atoms with Gasteiger partial charge in [0.15, 0.2) is 0 Å². The Kier molecular flexibility index (Phi) is 4.54. The highest BCUT2D eigenvalue weighted by Gasteiger charge is 2.44. The van der Waals surface area contributed by atoms with E-state index in [2.05, 4.69) is 10.6 Å². The fourth-order valence-electron chi connectivity index (χ4n) is 3.36. The maximum absolute atomic E-state index is 14.2. The van der Waals surface area contributed by atoms with Gasteiger partial charge in [-0.25, -0.2) is 8.78 Å². The Labute approximate surface area is 139 Å². The molecule has 0 aliphatic carbocycles. The van der Waals surface area contributed by atoms with Crippen LogP contribution in [0.25, 0.3) is 0 Å². The van der Waals surface area contributed by atoms with Gasteiger partial charge in [0.25, 0.3) is 5.92 Å². The number of likely N-dealkylation sites (tertiary alicyclic amines) is 1. The predicted molar refractivity (Wildman–Crippen MR) is 86.0 cm³/mol. The average Bonchev–Trinajstić information content (AvgIpc) is 2.50. The van der Waals surface area contributed by atoms with Gasteiger partial charge in [-0.3, -0.25) is 14.9 Å². The van der Waals surface area contributed by atoms with Crippen LogP contribution in [0.4, 0.5) is 14.5 Å². The first-order chi connectivity index (χ1) is 11.3. The van der Waals surface area contributed by atoms with E-state index >= 15 is 0 Å². The maximum Gasteiger partial charge on any atom is 0.267 e. The van der Waals surface area contributed by atoms with Crippen molar-refractivity contribution in [1.29, 1.82) is 0 Å². The fourth-order valence-corrected chi connectivity index (χ4v) is 3.36. The number of alkyl halides is 2. The lowest BCUT2D eigenvalue weighted by Gasteiger charge is -2.36. The van der Waals surface area contributed by atoms with Crippen LogP contribution in [0.2, 0.25) is 0 Å². The number of nitrogens with zero attached hydrogens (tertiary/aromatic N) is 1. The monoisotopic (exact) mass is 337 g/mol. The predicted octanol–water partition coefficient (Wildman–Crippen LogP) is 1.96. The smallest absolute Gasteiger partial charge is 0.267 e. The zero-order valence-corrected chi connectivity index (χ0v) is 13.5. The van der Waals surface area contributed by atoms with Crippen LogP contribution < -0.4 is 10.6 Å². The number of piperidine rings is 2. The van der Waals surface area contributed by atoms with Crippen molar-refractivity contribution in [3.63, 3.8) is 0 Å². The van der Waals surface area contributed by atoms with Crippen molar-refractivity contribution in [3.05, 3.63) is 29.8 Å². The summed E-state index contributed by atoms with van der Waals surface area (Å²) in [6.45, 7) is 0.421. The maximum atomic E-state index is 14.2. The zero-order chi connectivity index (χ0) is 17.3. The molecule has 2 unspecified atom stereocenters. The number of nitrogens with one attached hydrogen (secondary N) is 2. The molecule has 130 valence electrons. The molecule has 0 spiro atoms. The fraction of sp³-hybridized carbons (Fsp3) is 0.529. The molecule has 2 atom stereocenters. The second kappa shape index (κ2) is 6.47. The number of hydrogen-bond acceptors (Lipinski definition) is 4. The van der Waals surface area contributed by atoms with Gasteiger partial charge in [-0.2, -0.15) is 0 Å². The molecule has 2 amide bonds. The second-order valence-corrected chi connectivity index (χ2v) is 6.61. The molecule has 2 fully saturated rings. The van der Waals surface area contributed by atoms with E-state index in [4.69, 9.17) is 0 Å². The van der Waals surface area contributed by atoms with Crippen LogP contribution in [0.3, 0.4) is 0 Å².